The van der Waals surface area contributed by atoms with Crippen LogP contribution in [-0.2, 0) is 4.84 Å². The van der Waals surface area contributed by atoms with Crippen molar-refractivity contribution in [1.29, 1.82) is 0 Å². The molecule has 0 unspecified atom stereocenters. The molecule has 1 aliphatic rings. The summed E-state index contributed by atoms with van der Waals surface area (Å²) < 4.78 is 0. The largest absolute Gasteiger partial charge is 0.505 e. The predicted molar refractivity (Wildman–Crippen MR) is 76.3 cm³/mol. The second kappa shape index (κ2) is 5.35. The minimum Gasteiger partial charge on any atom is -0.505 e. The SMILES string of the molecule is O=[N+]([O-])c1cc(/C=N/OCC2CC2)c(O)c2ncccc12. The van der Waals surface area contributed by atoms with Crippen LogP contribution in [0, 0.1) is 16.0 Å². The van der Waals surface area contributed by atoms with Crippen molar-refractivity contribution in [3.63, 3.8) is 0 Å². The fraction of sp³-hybridized carbons (Fsp3) is 0.286. The second-order valence-electron chi connectivity index (χ2n) is 4.96. The number of fused-ring (bicyclic) bond motifs is 1. The number of nitro benzene ring substituents is 1. The highest BCUT2D eigenvalue weighted by Gasteiger charge is 2.22. The summed E-state index contributed by atoms with van der Waals surface area (Å²) >= 11 is 0. The first-order valence-electron chi connectivity index (χ1n) is 6.57. The van der Waals surface area contributed by atoms with Crippen LogP contribution in [0.5, 0.6) is 5.75 Å². The molecule has 108 valence electrons. The molecule has 1 aromatic carbocycles. The molecule has 7 heteroatoms. The third kappa shape index (κ3) is 2.76. The summed E-state index contributed by atoms with van der Waals surface area (Å²) in [5, 5.41) is 25.3. The van der Waals surface area contributed by atoms with Crippen molar-refractivity contribution in [2.24, 2.45) is 11.1 Å². The van der Waals surface area contributed by atoms with Gasteiger partial charge in [0.15, 0.2) is 5.75 Å². The number of non-ortho nitro benzene ring substituents is 1. The average molecular weight is 287 g/mol. The van der Waals surface area contributed by atoms with Gasteiger partial charge in [-0.05, 0) is 30.9 Å². The molecular formula is C14H13N3O4. The smallest absolute Gasteiger partial charge is 0.279 e. The molecule has 1 fully saturated rings. The average Bonchev–Trinajstić information content (AvgIpc) is 3.29. The van der Waals surface area contributed by atoms with E-state index in [1.54, 1.807) is 12.1 Å². The number of pyridine rings is 1. The summed E-state index contributed by atoms with van der Waals surface area (Å²) in [6, 6.07) is 4.40. The quantitative estimate of drug-likeness (QED) is 0.518. The van der Waals surface area contributed by atoms with E-state index in [0.29, 0.717) is 12.5 Å². The topological polar surface area (TPSA) is 97.9 Å². The zero-order valence-corrected chi connectivity index (χ0v) is 11.1. The Morgan fingerprint density at radius 1 is 1.57 bits per heavy atom. The van der Waals surface area contributed by atoms with Crippen LogP contribution in [-0.4, -0.2) is 27.8 Å². The highest BCUT2D eigenvalue weighted by molar-refractivity contribution is 5.99. The molecular weight excluding hydrogens is 274 g/mol. The Kier molecular flexibility index (Phi) is 3.39. The van der Waals surface area contributed by atoms with Gasteiger partial charge in [-0.2, -0.15) is 0 Å². The fourth-order valence-corrected chi connectivity index (χ4v) is 2.01. The highest BCUT2D eigenvalue weighted by Crippen LogP contribution is 2.33. The summed E-state index contributed by atoms with van der Waals surface area (Å²) in [4.78, 5) is 19.7. The standard InChI is InChI=1S/C14H13N3O4/c18-14-10(7-16-21-8-9-3-4-9)6-12(17(19)20)11-2-1-5-15-13(11)14/h1-2,5-7,9,18H,3-4,8H2/b16-7+. The number of rotatable bonds is 5. The normalized spacial score (nSPS) is 14.7. The Morgan fingerprint density at radius 3 is 3.10 bits per heavy atom. The summed E-state index contributed by atoms with van der Waals surface area (Å²) in [6.45, 7) is 0.533. The van der Waals surface area contributed by atoms with Gasteiger partial charge in [0.05, 0.1) is 16.5 Å². The van der Waals surface area contributed by atoms with E-state index in [2.05, 4.69) is 10.1 Å². The molecule has 2 aromatic rings. The number of nitro groups is 1. The third-order valence-electron chi connectivity index (χ3n) is 3.34. The van der Waals surface area contributed by atoms with Crippen molar-refractivity contribution in [1.82, 2.24) is 4.98 Å². The minimum atomic E-state index is -0.508. The number of phenolic OH excluding ortho intramolecular Hbond substituents is 1. The van der Waals surface area contributed by atoms with Crippen LogP contribution in [0.25, 0.3) is 10.9 Å². The first-order chi connectivity index (χ1) is 10.2. The molecule has 0 bridgehead atoms. The van der Waals surface area contributed by atoms with Gasteiger partial charge in [-0.25, -0.2) is 0 Å². The number of aromatic nitrogens is 1. The Labute approximate surface area is 120 Å². The fourth-order valence-electron chi connectivity index (χ4n) is 2.01. The van der Waals surface area contributed by atoms with Crippen molar-refractivity contribution in [3.8, 4) is 5.75 Å². The number of hydrogen-bond acceptors (Lipinski definition) is 6. The number of aromatic hydroxyl groups is 1. The number of benzene rings is 1. The highest BCUT2D eigenvalue weighted by atomic mass is 16.6. The number of oxime groups is 1. The second-order valence-corrected chi connectivity index (χ2v) is 4.96. The maximum absolute atomic E-state index is 11.1. The van der Waals surface area contributed by atoms with Crippen molar-refractivity contribution < 1.29 is 14.9 Å². The van der Waals surface area contributed by atoms with E-state index in [-0.39, 0.29) is 27.9 Å². The summed E-state index contributed by atoms with van der Waals surface area (Å²) in [5.74, 6) is 0.415. The Bertz CT molecular complexity index is 725. The van der Waals surface area contributed by atoms with Gasteiger partial charge >= 0.3 is 0 Å². The van der Waals surface area contributed by atoms with E-state index in [0.717, 1.165) is 12.8 Å². The lowest BCUT2D eigenvalue weighted by Crippen LogP contribution is -1.96. The summed E-state index contributed by atoms with van der Waals surface area (Å²) in [5.41, 5.74) is 0.263. The zero-order chi connectivity index (χ0) is 14.8. The van der Waals surface area contributed by atoms with Crippen LogP contribution < -0.4 is 0 Å². The van der Waals surface area contributed by atoms with Crippen LogP contribution in [0.3, 0.4) is 0 Å². The third-order valence-corrected chi connectivity index (χ3v) is 3.34. The van der Waals surface area contributed by atoms with Gasteiger partial charge in [0.25, 0.3) is 5.69 Å². The Balaban J connectivity index is 1.97. The summed E-state index contributed by atoms with van der Waals surface area (Å²) in [7, 11) is 0. The molecule has 3 rings (SSSR count). The predicted octanol–water partition coefficient (Wildman–Crippen LogP) is 2.61. The van der Waals surface area contributed by atoms with Crippen molar-refractivity contribution in [2.45, 2.75) is 12.8 Å². The van der Waals surface area contributed by atoms with Crippen molar-refractivity contribution >= 4 is 22.8 Å². The van der Waals surface area contributed by atoms with Crippen molar-refractivity contribution in [3.05, 3.63) is 40.1 Å². The molecule has 1 N–H and O–H groups in total. The minimum absolute atomic E-state index is 0.125. The van der Waals surface area contributed by atoms with Gasteiger partial charge in [0.2, 0.25) is 0 Å². The molecule has 0 radical (unpaired) electrons. The van der Waals surface area contributed by atoms with Crippen LogP contribution in [0.4, 0.5) is 5.69 Å². The van der Waals surface area contributed by atoms with E-state index in [9.17, 15) is 15.2 Å². The van der Waals surface area contributed by atoms with Gasteiger partial charge < -0.3 is 9.94 Å². The number of nitrogens with zero attached hydrogens (tertiary/aromatic N) is 3. The first-order valence-corrected chi connectivity index (χ1v) is 6.57. The molecule has 0 spiro atoms. The van der Waals surface area contributed by atoms with Gasteiger partial charge in [-0.15, -0.1) is 0 Å². The molecule has 0 amide bonds. The molecule has 1 heterocycles. The maximum Gasteiger partial charge on any atom is 0.279 e. The molecule has 7 nitrogen and oxygen atoms in total. The lowest BCUT2D eigenvalue weighted by molar-refractivity contribution is -0.383. The van der Waals surface area contributed by atoms with Gasteiger partial charge in [0.1, 0.15) is 12.1 Å². The van der Waals surface area contributed by atoms with E-state index < -0.39 is 4.92 Å². The van der Waals surface area contributed by atoms with E-state index in [4.69, 9.17) is 4.84 Å². The number of hydrogen-bond donors (Lipinski definition) is 1. The van der Waals surface area contributed by atoms with E-state index >= 15 is 0 Å². The number of phenols is 1. The molecule has 1 saturated carbocycles. The zero-order valence-electron chi connectivity index (χ0n) is 11.1. The Morgan fingerprint density at radius 2 is 2.38 bits per heavy atom. The van der Waals surface area contributed by atoms with E-state index in [1.165, 1.54) is 18.5 Å². The van der Waals surface area contributed by atoms with E-state index in [1.807, 2.05) is 0 Å². The van der Waals surface area contributed by atoms with Gasteiger partial charge in [0, 0.05) is 17.8 Å². The lowest BCUT2D eigenvalue weighted by Gasteiger charge is -2.04. The first kappa shape index (κ1) is 13.3. The van der Waals surface area contributed by atoms with Crippen LogP contribution in [0.1, 0.15) is 18.4 Å². The molecule has 1 aliphatic carbocycles. The summed E-state index contributed by atoms with van der Waals surface area (Å²) in [6.07, 6.45) is 5.04. The van der Waals surface area contributed by atoms with Crippen molar-refractivity contribution in [2.75, 3.05) is 6.61 Å². The lowest BCUT2D eigenvalue weighted by atomic mass is 10.1. The molecule has 0 saturated heterocycles. The maximum atomic E-state index is 11.1. The van der Waals surface area contributed by atoms with Gasteiger partial charge in [-0.1, -0.05) is 5.16 Å². The van der Waals surface area contributed by atoms with Crippen LogP contribution in [0.2, 0.25) is 0 Å². The van der Waals surface area contributed by atoms with Crippen LogP contribution >= 0.6 is 0 Å². The molecule has 21 heavy (non-hydrogen) atoms. The van der Waals surface area contributed by atoms with Crippen LogP contribution in [0.15, 0.2) is 29.6 Å². The Hall–Kier alpha value is -2.70. The molecule has 0 atom stereocenters. The molecule has 0 aliphatic heterocycles. The monoisotopic (exact) mass is 287 g/mol. The molecule has 1 aromatic heterocycles. The van der Waals surface area contributed by atoms with Gasteiger partial charge in [-0.3, -0.25) is 15.1 Å².